The van der Waals surface area contributed by atoms with Crippen LogP contribution in [0.5, 0.6) is 0 Å². The maximum absolute atomic E-state index is 4.14. The molecule has 2 aromatic heterocycles. The molecule has 130 valence electrons. The van der Waals surface area contributed by atoms with Crippen LogP contribution in [0.15, 0.2) is 58.7 Å². The predicted octanol–water partition coefficient (Wildman–Crippen LogP) is 6.13. The quantitative estimate of drug-likeness (QED) is 0.551. The summed E-state index contributed by atoms with van der Waals surface area (Å²) in [6, 6.07) is 13.3. The van der Waals surface area contributed by atoms with Crippen LogP contribution in [0.1, 0.15) is 47.7 Å². The Morgan fingerprint density at radius 2 is 1.68 bits per heavy atom. The molecule has 3 aromatic rings. The topological polar surface area (TPSA) is 17.8 Å². The molecule has 0 aliphatic rings. The van der Waals surface area contributed by atoms with Crippen LogP contribution in [-0.4, -0.2) is 9.55 Å². The zero-order valence-corrected chi connectivity index (χ0v) is 16.5. The smallest absolute Gasteiger partial charge is 0.0836 e. The molecule has 3 heteroatoms. The first-order valence-corrected chi connectivity index (χ1v) is 9.61. The van der Waals surface area contributed by atoms with Gasteiger partial charge in [-0.05, 0) is 79.3 Å². The van der Waals surface area contributed by atoms with Gasteiger partial charge in [-0.2, -0.15) is 0 Å². The van der Waals surface area contributed by atoms with Crippen molar-refractivity contribution >= 4 is 11.8 Å². The Bertz CT molecular complexity index is 863. The molecular weight excluding hydrogens is 324 g/mol. The molecule has 3 rings (SSSR count). The fourth-order valence-corrected chi connectivity index (χ4v) is 4.29. The minimum absolute atomic E-state index is 0.506. The fourth-order valence-electron chi connectivity index (χ4n) is 2.96. The second kappa shape index (κ2) is 7.49. The molecule has 0 aliphatic heterocycles. The molecule has 0 bridgehead atoms. The zero-order chi connectivity index (χ0) is 18.0. The molecule has 0 atom stereocenters. The van der Waals surface area contributed by atoms with Crippen LogP contribution in [0, 0.1) is 20.8 Å². The number of aromatic nitrogens is 2. The van der Waals surface area contributed by atoms with Crippen molar-refractivity contribution in [1.82, 2.24) is 9.55 Å². The van der Waals surface area contributed by atoms with Crippen molar-refractivity contribution in [3.8, 4) is 0 Å². The summed E-state index contributed by atoms with van der Waals surface area (Å²) in [4.78, 5) is 5.44. The van der Waals surface area contributed by atoms with E-state index in [0.717, 1.165) is 6.54 Å². The van der Waals surface area contributed by atoms with E-state index < -0.39 is 0 Å². The largest absolute Gasteiger partial charge is 0.335 e. The van der Waals surface area contributed by atoms with E-state index in [2.05, 4.69) is 80.6 Å². The van der Waals surface area contributed by atoms with Gasteiger partial charge in [0.15, 0.2) is 0 Å². The lowest BCUT2D eigenvalue weighted by Crippen LogP contribution is -2.04. The van der Waals surface area contributed by atoms with Crippen molar-refractivity contribution in [2.75, 3.05) is 0 Å². The maximum Gasteiger partial charge on any atom is 0.0836 e. The first-order valence-electron chi connectivity index (χ1n) is 8.79. The second-order valence-electron chi connectivity index (χ2n) is 6.99. The molecule has 0 fully saturated rings. The van der Waals surface area contributed by atoms with Gasteiger partial charge in [0.05, 0.1) is 5.03 Å². The summed E-state index contributed by atoms with van der Waals surface area (Å²) in [6.07, 6.45) is 3.74. The molecular formula is C22H26N2S. The number of pyridine rings is 1. The molecule has 0 spiro atoms. The van der Waals surface area contributed by atoms with Gasteiger partial charge in [-0.3, -0.25) is 4.98 Å². The Morgan fingerprint density at radius 3 is 2.32 bits per heavy atom. The molecule has 2 nitrogen and oxygen atoms in total. The van der Waals surface area contributed by atoms with E-state index in [4.69, 9.17) is 0 Å². The lowest BCUT2D eigenvalue weighted by molar-refractivity contribution is 0.689. The zero-order valence-electron chi connectivity index (χ0n) is 15.7. The number of hydrogen-bond donors (Lipinski definition) is 0. The average Bonchev–Trinajstić information content (AvgIpc) is 2.89. The van der Waals surface area contributed by atoms with Crippen molar-refractivity contribution in [3.63, 3.8) is 0 Å². The molecule has 0 radical (unpaired) electrons. The number of nitrogens with zero attached hydrogens (tertiary/aromatic N) is 2. The van der Waals surface area contributed by atoms with Crippen molar-refractivity contribution in [3.05, 3.63) is 76.7 Å². The Balaban J connectivity index is 2.01. The van der Waals surface area contributed by atoms with E-state index in [1.54, 1.807) is 0 Å². The highest BCUT2D eigenvalue weighted by Gasteiger charge is 2.17. The third-order valence-corrected chi connectivity index (χ3v) is 5.83. The Hall–Kier alpha value is -2.00. The van der Waals surface area contributed by atoms with Crippen LogP contribution < -0.4 is 0 Å². The van der Waals surface area contributed by atoms with Gasteiger partial charge in [0.2, 0.25) is 0 Å². The number of benzene rings is 1. The van der Waals surface area contributed by atoms with E-state index in [0.29, 0.717) is 5.92 Å². The summed E-state index contributed by atoms with van der Waals surface area (Å²) in [5.74, 6) is 0.506. The standard InChI is InChI=1S/C22H26N2S/c1-15(2)21-13-18(5)24(14-19-8-10-23-11-9-19)22(21)25-20-7-6-16(3)17(4)12-20/h6-13,15H,14H2,1-5H3. The normalized spacial score (nSPS) is 11.3. The minimum atomic E-state index is 0.506. The first kappa shape index (κ1) is 17.8. The minimum Gasteiger partial charge on any atom is -0.335 e. The van der Waals surface area contributed by atoms with Crippen LogP contribution in [-0.2, 0) is 6.54 Å². The molecule has 0 aliphatic carbocycles. The number of hydrogen-bond acceptors (Lipinski definition) is 2. The van der Waals surface area contributed by atoms with Crippen molar-refractivity contribution < 1.29 is 0 Å². The third kappa shape index (κ3) is 3.98. The molecule has 0 saturated carbocycles. The Labute approximate surface area is 155 Å². The van der Waals surface area contributed by atoms with E-state index in [1.807, 2.05) is 24.2 Å². The van der Waals surface area contributed by atoms with Crippen LogP contribution in [0.2, 0.25) is 0 Å². The van der Waals surface area contributed by atoms with Crippen LogP contribution >= 0.6 is 11.8 Å². The van der Waals surface area contributed by atoms with Crippen LogP contribution in [0.25, 0.3) is 0 Å². The Kier molecular flexibility index (Phi) is 5.33. The van der Waals surface area contributed by atoms with E-state index >= 15 is 0 Å². The van der Waals surface area contributed by atoms with Gasteiger partial charge in [-0.25, -0.2) is 0 Å². The predicted molar refractivity (Wildman–Crippen MR) is 107 cm³/mol. The highest BCUT2D eigenvalue weighted by atomic mass is 32.2. The summed E-state index contributed by atoms with van der Waals surface area (Å²) < 4.78 is 2.44. The lowest BCUT2D eigenvalue weighted by Gasteiger charge is -2.15. The maximum atomic E-state index is 4.14. The second-order valence-corrected chi connectivity index (χ2v) is 8.05. The SMILES string of the molecule is Cc1ccc(Sc2c(C(C)C)cc(C)n2Cc2ccncc2)cc1C. The summed E-state index contributed by atoms with van der Waals surface area (Å²) in [7, 11) is 0. The monoisotopic (exact) mass is 350 g/mol. The number of aryl methyl sites for hydroxylation is 3. The van der Waals surface area contributed by atoms with Gasteiger partial charge in [0.1, 0.15) is 0 Å². The van der Waals surface area contributed by atoms with Crippen molar-refractivity contribution in [1.29, 1.82) is 0 Å². The van der Waals surface area contributed by atoms with Gasteiger partial charge in [0, 0.05) is 29.5 Å². The summed E-state index contributed by atoms with van der Waals surface area (Å²) in [5, 5.41) is 1.35. The molecule has 1 aromatic carbocycles. The number of rotatable bonds is 5. The molecule has 0 N–H and O–H groups in total. The molecule has 0 saturated heterocycles. The van der Waals surface area contributed by atoms with Gasteiger partial charge in [-0.15, -0.1) is 0 Å². The summed E-state index contributed by atoms with van der Waals surface area (Å²) in [5.41, 5.74) is 6.71. The summed E-state index contributed by atoms with van der Waals surface area (Å²) >= 11 is 1.88. The van der Waals surface area contributed by atoms with Crippen LogP contribution in [0.3, 0.4) is 0 Å². The van der Waals surface area contributed by atoms with Crippen molar-refractivity contribution in [2.24, 2.45) is 0 Å². The van der Waals surface area contributed by atoms with E-state index in [1.165, 1.54) is 37.9 Å². The van der Waals surface area contributed by atoms with Crippen LogP contribution in [0.4, 0.5) is 0 Å². The van der Waals surface area contributed by atoms with Gasteiger partial charge < -0.3 is 4.57 Å². The highest BCUT2D eigenvalue weighted by Crippen LogP contribution is 2.37. The fraction of sp³-hybridized carbons (Fsp3) is 0.318. The summed E-state index contributed by atoms with van der Waals surface area (Å²) in [6.45, 7) is 12.0. The molecule has 0 amide bonds. The van der Waals surface area contributed by atoms with E-state index in [-0.39, 0.29) is 0 Å². The highest BCUT2D eigenvalue weighted by molar-refractivity contribution is 7.99. The molecule has 25 heavy (non-hydrogen) atoms. The van der Waals surface area contributed by atoms with Gasteiger partial charge in [-0.1, -0.05) is 31.7 Å². The van der Waals surface area contributed by atoms with E-state index in [9.17, 15) is 0 Å². The average molecular weight is 351 g/mol. The van der Waals surface area contributed by atoms with Gasteiger partial charge in [0.25, 0.3) is 0 Å². The Morgan fingerprint density at radius 1 is 0.960 bits per heavy atom. The van der Waals surface area contributed by atoms with Crippen molar-refractivity contribution in [2.45, 2.75) is 57.0 Å². The first-order chi connectivity index (χ1) is 12.0. The van der Waals surface area contributed by atoms with Gasteiger partial charge >= 0.3 is 0 Å². The third-order valence-electron chi connectivity index (χ3n) is 4.69. The molecule has 0 unspecified atom stereocenters. The molecule has 2 heterocycles. The lowest BCUT2D eigenvalue weighted by atomic mass is 10.1.